The van der Waals surface area contributed by atoms with E-state index in [0.29, 0.717) is 0 Å². The normalized spacial score (nSPS) is 11.8. The molecule has 0 aliphatic heterocycles. The summed E-state index contributed by atoms with van der Waals surface area (Å²) in [5, 5.41) is 6.27. The maximum Gasteiger partial charge on any atom is 0.124 e. The van der Waals surface area contributed by atoms with Gasteiger partial charge in [-0.2, -0.15) is 0 Å². The Balaban J connectivity index is 1.10. The first-order valence-corrected chi connectivity index (χ1v) is 17.4. The summed E-state index contributed by atoms with van der Waals surface area (Å²) in [6, 6.07) is 57.0. The van der Waals surface area contributed by atoms with Gasteiger partial charge >= 0.3 is 0 Å². The van der Waals surface area contributed by atoms with Crippen molar-refractivity contribution in [1.82, 2.24) is 4.98 Å². The monoisotopic (exact) mass is 634 g/mol. The summed E-state index contributed by atoms with van der Waals surface area (Å²) in [5.41, 5.74) is 10.6. The molecule has 10 rings (SSSR count). The lowest BCUT2D eigenvalue weighted by Gasteiger charge is -2.28. The molecule has 0 bridgehead atoms. The van der Waals surface area contributed by atoms with Crippen molar-refractivity contribution in [2.24, 2.45) is 0 Å². The first-order valence-electron chi connectivity index (χ1n) is 15.8. The predicted molar refractivity (Wildman–Crippen MR) is 202 cm³/mol. The molecule has 9 aromatic rings. The van der Waals surface area contributed by atoms with Gasteiger partial charge in [-0.05, 0) is 64.9 Å². The second-order valence-electron chi connectivity index (χ2n) is 12.0. The fourth-order valence-corrected chi connectivity index (χ4v) is 9.36. The van der Waals surface area contributed by atoms with Crippen LogP contribution in [0.3, 0.4) is 0 Å². The van der Waals surface area contributed by atoms with Gasteiger partial charge in [-0.15, -0.1) is 22.7 Å². The number of anilines is 3. The maximum atomic E-state index is 5.21. The fourth-order valence-electron chi connectivity index (χ4n) is 7.10. The number of thiazole rings is 1. The zero-order valence-electron chi connectivity index (χ0n) is 25.2. The van der Waals surface area contributed by atoms with Gasteiger partial charge in [0.2, 0.25) is 0 Å². The lowest BCUT2D eigenvalue weighted by Crippen LogP contribution is -2.11. The van der Waals surface area contributed by atoms with Crippen molar-refractivity contribution in [3.8, 4) is 43.4 Å². The number of nitrogens with zero attached hydrogens (tertiary/aromatic N) is 2. The number of fused-ring (bicyclic) bond motifs is 6. The van der Waals surface area contributed by atoms with Crippen molar-refractivity contribution < 1.29 is 0 Å². The second-order valence-corrected chi connectivity index (χ2v) is 14.0. The molecule has 0 spiro atoms. The molecule has 0 saturated carbocycles. The van der Waals surface area contributed by atoms with Gasteiger partial charge in [0.1, 0.15) is 5.01 Å². The Morgan fingerprint density at radius 2 is 1.17 bits per heavy atom. The van der Waals surface area contributed by atoms with Crippen LogP contribution in [0.1, 0.15) is 0 Å². The van der Waals surface area contributed by atoms with Crippen LogP contribution >= 0.6 is 22.7 Å². The largest absolute Gasteiger partial charge is 0.310 e. The number of thiophene rings is 1. The van der Waals surface area contributed by atoms with Crippen LogP contribution < -0.4 is 4.90 Å². The highest BCUT2D eigenvalue weighted by Gasteiger charge is 2.26. The van der Waals surface area contributed by atoms with Crippen LogP contribution in [0, 0.1) is 0 Å². The molecule has 0 saturated heterocycles. The Bertz CT molecular complexity index is 2570. The van der Waals surface area contributed by atoms with Gasteiger partial charge in [0, 0.05) is 53.8 Å². The van der Waals surface area contributed by atoms with Crippen LogP contribution in [0.5, 0.6) is 0 Å². The van der Waals surface area contributed by atoms with Gasteiger partial charge in [-0.25, -0.2) is 4.98 Å². The third-order valence-corrected chi connectivity index (χ3v) is 11.5. The van der Waals surface area contributed by atoms with Crippen LogP contribution in [-0.2, 0) is 0 Å². The van der Waals surface area contributed by atoms with Crippen LogP contribution in [-0.4, -0.2) is 4.98 Å². The molecule has 220 valence electrons. The van der Waals surface area contributed by atoms with Gasteiger partial charge < -0.3 is 4.90 Å². The molecule has 47 heavy (non-hydrogen) atoms. The molecular weight excluding hydrogens is 609 g/mol. The minimum Gasteiger partial charge on any atom is -0.310 e. The van der Waals surface area contributed by atoms with Crippen LogP contribution in [0.15, 0.2) is 158 Å². The summed E-state index contributed by atoms with van der Waals surface area (Å²) in [6.45, 7) is 0. The minimum atomic E-state index is 1.05. The topological polar surface area (TPSA) is 16.1 Å². The van der Waals surface area contributed by atoms with Crippen molar-refractivity contribution in [2.45, 2.75) is 0 Å². The Kier molecular flexibility index (Phi) is 5.95. The molecule has 2 nitrogen and oxygen atoms in total. The van der Waals surface area contributed by atoms with Crippen LogP contribution in [0.25, 0.3) is 74.3 Å². The highest BCUT2D eigenvalue weighted by Crippen LogP contribution is 2.51. The number of para-hydroxylation sites is 1. The molecule has 1 aliphatic rings. The van der Waals surface area contributed by atoms with E-state index >= 15 is 0 Å². The van der Waals surface area contributed by atoms with Gasteiger partial charge in [-0.3, -0.25) is 0 Å². The average molecular weight is 635 g/mol. The van der Waals surface area contributed by atoms with E-state index in [4.69, 9.17) is 4.98 Å². The Hall–Kier alpha value is -5.55. The summed E-state index contributed by atoms with van der Waals surface area (Å²) < 4.78 is 2.60. The number of hydrogen-bond acceptors (Lipinski definition) is 4. The molecule has 2 aromatic heterocycles. The van der Waals surface area contributed by atoms with E-state index in [-0.39, 0.29) is 0 Å². The van der Waals surface area contributed by atoms with E-state index in [1.165, 1.54) is 58.1 Å². The zero-order valence-corrected chi connectivity index (χ0v) is 26.9. The number of benzene rings is 7. The maximum absolute atomic E-state index is 5.21. The smallest absolute Gasteiger partial charge is 0.124 e. The van der Waals surface area contributed by atoms with Crippen molar-refractivity contribution in [3.05, 3.63) is 158 Å². The fraction of sp³-hybridized carbons (Fsp3) is 0. The van der Waals surface area contributed by atoms with E-state index in [9.17, 15) is 0 Å². The molecule has 0 fully saturated rings. The Morgan fingerprint density at radius 3 is 2.04 bits per heavy atom. The summed E-state index contributed by atoms with van der Waals surface area (Å²) in [7, 11) is 0. The van der Waals surface area contributed by atoms with E-state index < -0.39 is 0 Å². The molecule has 0 radical (unpaired) electrons. The third-order valence-electron chi connectivity index (χ3n) is 9.25. The van der Waals surface area contributed by atoms with Crippen LogP contribution in [0.4, 0.5) is 17.1 Å². The van der Waals surface area contributed by atoms with E-state index in [2.05, 4.69) is 163 Å². The first-order chi connectivity index (χ1) is 23.3. The summed E-state index contributed by atoms with van der Waals surface area (Å²) in [4.78, 5) is 8.87. The molecule has 0 amide bonds. The highest BCUT2D eigenvalue weighted by atomic mass is 32.1. The van der Waals surface area contributed by atoms with Crippen molar-refractivity contribution in [1.29, 1.82) is 0 Å². The van der Waals surface area contributed by atoms with E-state index in [0.717, 1.165) is 33.3 Å². The molecule has 7 aromatic carbocycles. The van der Waals surface area contributed by atoms with Gasteiger partial charge in [0.15, 0.2) is 0 Å². The number of rotatable bonds is 5. The SMILES string of the molecule is c1ccc(-c2ccccc2N(c2ccc(-c3nc4c(s3)-c3cccc5cccc-4c35)cc2)c2ccc3c(c2)sc2ccccc23)cc1. The Labute approximate surface area is 280 Å². The predicted octanol–water partition coefficient (Wildman–Crippen LogP) is 13.1. The zero-order chi connectivity index (χ0) is 30.9. The first kappa shape index (κ1) is 26.6. The lowest BCUT2D eigenvalue weighted by molar-refractivity contribution is 1.29. The van der Waals surface area contributed by atoms with Gasteiger partial charge in [0.25, 0.3) is 0 Å². The molecule has 0 atom stereocenters. The standard InChI is InChI=1S/C43H26N2S2/c1-2-10-27(11-3-1)32-14-4-6-18-37(32)45(31-24-25-34-33-15-5-7-19-38(33)46-39(34)26-31)30-22-20-29(21-23-30)43-44-41-35-16-8-12-28-13-9-17-36(40(28)35)42(41)47-43/h1-26H. The van der Waals surface area contributed by atoms with Crippen LogP contribution in [0.2, 0.25) is 0 Å². The molecule has 0 N–H and O–H groups in total. The number of hydrogen-bond donors (Lipinski definition) is 0. The number of aromatic nitrogens is 1. The van der Waals surface area contributed by atoms with Gasteiger partial charge in [0.05, 0.1) is 16.3 Å². The summed E-state index contributed by atoms with van der Waals surface area (Å²) in [6.07, 6.45) is 0. The molecule has 1 aliphatic carbocycles. The van der Waals surface area contributed by atoms with Gasteiger partial charge in [-0.1, -0.05) is 109 Å². The molecular formula is C43H26N2S2. The van der Waals surface area contributed by atoms with Crippen molar-refractivity contribution in [2.75, 3.05) is 4.90 Å². The average Bonchev–Trinajstić information content (AvgIpc) is 3.82. The second kappa shape index (κ2) is 10.5. The summed E-state index contributed by atoms with van der Waals surface area (Å²) >= 11 is 3.65. The minimum absolute atomic E-state index is 1.05. The van der Waals surface area contributed by atoms with Crippen molar-refractivity contribution >= 4 is 70.7 Å². The Morgan fingerprint density at radius 1 is 0.468 bits per heavy atom. The van der Waals surface area contributed by atoms with E-state index in [1.807, 2.05) is 11.3 Å². The third kappa shape index (κ3) is 4.19. The summed E-state index contributed by atoms with van der Waals surface area (Å²) in [5.74, 6) is 0. The van der Waals surface area contributed by atoms with E-state index in [1.54, 1.807) is 11.3 Å². The highest BCUT2D eigenvalue weighted by molar-refractivity contribution is 7.25. The lowest BCUT2D eigenvalue weighted by atomic mass is 10.0. The molecule has 4 heteroatoms. The van der Waals surface area contributed by atoms with Crippen molar-refractivity contribution in [3.63, 3.8) is 0 Å². The molecule has 2 heterocycles. The molecule has 0 unspecified atom stereocenters. The quantitative estimate of drug-likeness (QED) is 0.187.